The molecular formula is C14H20N4O2. The van der Waals surface area contributed by atoms with Gasteiger partial charge in [-0.15, -0.1) is 0 Å². The van der Waals surface area contributed by atoms with Gasteiger partial charge in [0.1, 0.15) is 6.04 Å². The molecule has 1 aliphatic heterocycles. The molecule has 6 nitrogen and oxygen atoms in total. The molecule has 1 aromatic carbocycles. The van der Waals surface area contributed by atoms with Crippen molar-refractivity contribution in [2.75, 3.05) is 37.4 Å². The Morgan fingerprint density at radius 1 is 1.40 bits per heavy atom. The minimum atomic E-state index is -0.388. The standard InChI is InChI=1S/C14H20N4O2/c1-9-6-10(18(2)3)4-5-11(9)17-14(20)12-7-16-13(19)8-15-12/h4-6,12,15H,7-8H2,1-3H3,(H,16,19)(H,17,20). The maximum atomic E-state index is 12.1. The van der Waals surface area contributed by atoms with E-state index in [2.05, 4.69) is 16.0 Å². The molecule has 0 aliphatic carbocycles. The Bertz CT molecular complexity index is 518. The molecule has 0 bridgehead atoms. The molecule has 0 saturated carbocycles. The second-order valence-corrected chi connectivity index (χ2v) is 5.12. The largest absolute Gasteiger partial charge is 0.378 e. The van der Waals surface area contributed by atoms with Crippen LogP contribution >= 0.6 is 0 Å². The molecule has 1 aromatic rings. The number of nitrogens with one attached hydrogen (secondary N) is 3. The fourth-order valence-corrected chi connectivity index (χ4v) is 2.04. The van der Waals surface area contributed by atoms with Crippen molar-refractivity contribution in [3.63, 3.8) is 0 Å². The summed E-state index contributed by atoms with van der Waals surface area (Å²) in [6.07, 6.45) is 0. The molecule has 0 radical (unpaired) electrons. The summed E-state index contributed by atoms with van der Waals surface area (Å²) in [5, 5.41) is 8.46. The van der Waals surface area contributed by atoms with Gasteiger partial charge < -0.3 is 15.5 Å². The van der Waals surface area contributed by atoms with Crippen molar-refractivity contribution in [2.24, 2.45) is 0 Å². The SMILES string of the molecule is Cc1cc(N(C)C)ccc1NC(=O)C1CNC(=O)CN1. The molecule has 108 valence electrons. The Hall–Kier alpha value is -2.08. The number of piperazine rings is 1. The Morgan fingerprint density at radius 3 is 2.70 bits per heavy atom. The number of carbonyl (C=O) groups excluding carboxylic acids is 2. The first-order valence-corrected chi connectivity index (χ1v) is 6.56. The van der Waals surface area contributed by atoms with Crippen molar-refractivity contribution < 1.29 is 9.59 Å². The highest BCUT2D eigenvalue weighted by Gasteiger charge is 2.23. The smallest absolute Gasteiger partial charge is 0.243 e. The van der Waals surface area contributed by atoms with Gasteiger partial charge in [0.15, 0.2) is 0 Å². The first-order chi connectivity index (χ1) is 9.47. The fraction of sp³-hybridized carbons (Fsp3) is 0.429. The summed E-state index contributed by atoms with van der Waals surface area (Å²) in [7, 11) is 3.95. The number of aryl methyl sites for hydroxylation is 1. The molecular weight excluding hydrogens is 256 g/mol. The average Bonchev–Trinajstić information content (AvgIpc) is 2.41. The highest BCUT2D eigenvalue weighted by atomic mass is 16.2. The van der Waals surface area contributed by atoms with E-state index in [0.29, 0.717) is 6.54 Å². The van der Waals surface area contributed by atoms with Gasteiger partial charge in [0.2, 0.25) is 11.8 Å². The predicted molar refractivity (Wildman–Crippen MR) is 78.9 cm³/mol. The van der Waals surface area contributed by atoms with Crippen LogP contribution in [0.3, 0.4) is 0 Å². The van der Waals surface area contributed by atoms with E-state index in [-0.39, 0.29) is 24.4 Å². The van der Waals surface area contributed by atoms with Crippen molar-refractivity contribution in [3.05, 3.63) is 23.8 Å². The monoisotopic (exact) mass is 276 g/mol. The van der Waals surface area contributed by atoms with Gasteiger partial charge in [0, 0.05) is 32.0 Å². The molecule has 20 heavy (non-hydrogen) atoms. The van der Waals surface area contributed by atoms with E-state index in [4.69, 9.17) is 0 Å². The quantitative estimate of drug-likeness (QED) is 0.731. The second-order valence-electron chi connectivity index (χ2n) is 5.12. The Balaban J connectivity index is 2.02. The minimum Gasteiger partial charge on any atom is -0.378 e. The van der Waals surface area contributed by atoms with Crippen LogP contribution in [0.1, 0.15) is 5.56 Å². The maximum absolute atomic E-state index is 12.1. The lowest BCUT2D eigenvalue weighted by atomic mass is 10.1. The van der Waals surface area contributed by atoms with Crippen molar-refractivity contribution in [2.45, 2.75) is 13.0 Å². The summed E-state index contributed by atoms with van der Waals surface area (Å²) in [6, 6.07) is 5.48. The maximum Gasteiger partial charge on any atom is 0.243 e. The third kappa shape index (κ3) is 3.27. The van der Waals surface area contributed by atoms with E-state index in [1.807, 2.05) is 44.1 Å². The van der Waals surface area contributed by atoms with E-state index in [0.717, 1.165) is 16.9 Å². The van der Waals surface area contributed by atoms with E-state index in [9.17, 15) is 9.59 Å². The van der Waals surface area contributed by atoms with Crippen LogP contribution in [0.25, 0.3) is 0 Å². The number of anilines is 2. The summed E-state index contributed by atoms with van der Waals surface area (Å²) >= 11 is 0. The zero-order valence-corrected chi connectivity index (χ0v) is 12.0. The first kappa shape index (κ1) is 14.3. The van der Waals surface area contributed by atoms with Crippen molar-refractivity contribution in [1.82, 2.24) is 10.6 Å². The van der Waals surface area contributed by atoms with Gasteiger partial charge in [-0.3, -0.25) is 14.9 Å². The van der Waals surface area contributed by atoms with E-state index in [1.54, 1.807) is 0 Å². The summed E-state index contributed by atoms with van der Waals surface area (Å²) < 4.78 is 0. The Morgan fingerprint density at radius 2 is 2.15 bits per heavy atom. The van der Waals surface area contributed by atoms with Gasteiger partial charge in [-0.25, -0.2) is 0 Å². The number of benzene rings is 1. The predicted octanol–water partition coefficient (Wildman–Crippen LogP) is 0.0875. The molecule has 2 amide bonds. The van der Waals surface area contributed by atoms with Crippen molar-refractivity contribution in [1.29, 1.82) is 0 Å². The molecule has 1 saturated heterocycles. The van der Waals surface area contributed by atoms with Gasteiger partial charge in [-0.2, -0.15) is 0 Å². The molecule has 3 N–H and O–H groups in total. The number of hydrogen-bond donors (Lipinski definition) is 3. The van der Waals surface area contributed by atoms with Gasteiger partial charge >= 0.3 is 0 Å². The lowest BCUT2D eigenvalue weighted by molar-refractivity contribution is -0.124. The van der Waals surface area contributed by atoms with Crippen LogP contribution in [-0.2, 0) is 9.59 Å². The number of carbonyl (C=O) groups is 2. The molecule has 1 atom stereocenters. The Labute approximate surface area is 118 Å². The molecule has 2 rings (SSSR count). The van der Waals surface area contributed by atoms with E-state index < -0.39 is 0 Å². The Kier molecular flexibility index (Phi) is 4.24. The minimum absolute atomic E-state index is 0.0828. The molecule has 1 unspecified atom stereocenters. The number of nitrogens with zero attached hydrogens (tertiary/aromatic N) is 1. The number of hydrogen-bond acceptors (Lipinski definition) is 4. The number of amides is 2. The van der Waals surface area contributed by atoms with Crippen molar-refractivity contribution in [3.8, 4) is 0 Å². The molecule has 0 aromatic heterocycles. The molecule has 0 spiro atoms. The van der Waals surface area contributed by atoms with Crippen LogP contribution in [0.2, 0.25) is 0 Å². The molecule has 1 heterocycles. The second kappa shape index (κ2) is 5.92. The van der Waals surface area contributed by atoms with Crippen LogP contribution in [-0.4, -0.2) is 45.0 Å². The summed E-state index contributed by atoms with van der Waals surface area (Å²) in [6.45, 7) is 2.45. The highest BCUT2D eigenvalue weighted by Crippen LogP contribution is 2.21. The van der Waals surface area contributed by atoms with Crippen molar-refractivity contribution >= 4 is 23.2 Å². The third-order valence-corrected chi connectivity index (χ3v) is 3.31. The topological polar surface area (TPSA) is 73.5 Å². The zero-order valence-electron chi connectivity index (χ0n) is 12.0. The molecule has 1 fully saturated rings. The summed E-state index contributed by atoms with van der Waals surface area (Å²) in [5.41, 5.74) is 2.88. The van der Waals surface area contributed by atoms with Crippen LogP contribution in [0.15, 0.2) is 18.2 Å². The van der Waals surface area contributed by atoms with Gasteiger partial charge in [0.25, 0.3) is 0 Å². The van der Waals surface area contributed by atoms with Gasteiger partial charge in [-0.05, 0) is 30.7 Å². The zero-order chi connectivity index (χ0) is 14.7. The molecule has 6 heteroatoms. The summed E-state index contributed by atoms with van der Waals surface area (Å²) in [5.74, 6) is -0.216. The fourth-order valence-electron chi connectivity index (χ4n) is 2.04. The number of rotatable bonds is 3. The lowest BCUT2D eigenvalue weighted by Crippen LogP contribution is -2.56. The van der Waals surface area contributed by atoms with Crippen LogP contribution in [0, 0.1) is 6.92 Å². The average molecular weight is 276 g/mol. The summed E-state index contributed by atoms with van der Waals surface area (Å²) in [4.78, 5) is 25.2. The highest BCUT2D eigenvalue weighted by molar-refractivity contribution is 5.97. The van der Waals surface area contributed by atoms with Gasteiger partial charge in [0.05, 0.1) is 6.54 Å². The van der Waals surface area contributed by atoms with Gasteiger partial charge in [-0.1, -0.05) is 0 Å². The van der Waals surface area contributed by atoms with Crippen LogP contribution in [0.5, 0.6) is 0 Å². The molecule has 1 aliphatic rings. The lowest BCUT2D eigenvalue weighted by Gasteiger charge is -2.23. The van der Waals surface area contributed by atoms with Crippen LogP contribution < -0.4 is 20.9 Å². The van der Waals surface area contributed by atoms with E-state index >= 15 is 0 Å². The van der Waals surface area contributed by atoms with Crippen LogP contribution in [0.4, 0.5) is 11.4 Å². The third-order valence-electron chi connectivity index (χ3n) is 3.31. The normalized spacial score (nSPS) is 18.4. The first-order valence-electron chi connectivity index (χ1n) is 6.56. The van der Waals surface area contributed by atoms with E-state index in [1.165, 1.54) is 0 Å².